The molecule has 23 heavy (non-hydrogen) atoms. The summed E-state index contributed by atoms with van der Waals surface area (Å²) >= 11 is 1.50. The number of aromatic nitrogens is 2. The lowest BCUT2D eigenvalue weighted by Gasteiger charge is -2.05. The van der Waals surface area contributed by atoms with Crippen LogP contribution in [0.4, 0.5) is 11.4 Å². The summed E-state index contributed by atoms with van der Waals surface area (Å²) in [7, 11) is 0. The Hall–Kier alpha value is -3.20. The molecule has 0 aliphatic heterocycles. The lowest BCUT2D eigenvalue weighted by Crippen LogP contribution is -2.12. The van der Waals surface area contributed by atoms with Crippen LogP contribution in [0.2, 0.25) is 0 Å². The van der Waals surface area contributed by atoms with Gasteiger partial charge in [-0.25, -0.2) is 0 Å². The molecule has 1 amide bonds. The summed E-state index contributed by atoms with van der Waals surface area (Å²) in [6, 6.07) is 8.79. The molecule has 0 saturated carbocycles. The minimum absolute atomic E-state index is 0.0706. The van der Waals surface area contributed by atoms with Crippen LogP contribution in [0.3, 0.4) is 0 Å². The third-order valence-electron chi connectivity index (χ3n) is 3.04. The standard InChI is InChI=1S/C14H10N4O4S/c19-12-6-8(18(21)22)3-4-9(12)15-14(20)11-7-10(16-17-11)13-2-1-5-23-13/h1-7,19H,(H,15,20)(H,16,17). The molecule has 3 aromatic rings. The topological polar surface area (TPSA) is 121 Å². The first kappa shape index (κ1) is 14.7. The number of carbonyl (C=O) groups excluding carboxylic acids is 1. The maximum absolute atomic E-state index is 12.1. The predicted octanol–water partition coefficient (Wildman–Crippen LogP) is 3.00. The summed E-state index contributed by atoms with van der Waals surface area (Å²) in [5.41, 5.74) is 0.658. The summed E-state index contributed by atoms with van der Waals surface area (Å²) in [6.07, 6.45) is 0. The van der Waals surface area contributed by atoms with Gasteiger partial charge in [0.25, 0.3) is 11.6 Å². The molecule has 9 heteroatoms. The first-order valence-corrected chi connectivity index (χ1v) is 7.30. The largest absolute Gasteiger partial charge is 0.506 e. The Labute approximate surface area is 133 Å². The number of H-pyrrole nitrogens is 1. The van der Waals surface area contributed by atoms with Gasteiger partial charge >= 0.3 is 0 Å². The summed E-state index contributed by atoms with van der Waals surface area (Å²) in [5, 5.41) is 31.4. The Morgan fingerprint density at radius 3 is 2.83 bits per heavy atom. The number of nitro benzene ring substituents is 1. The van der Waals surface area contributed by atoms with Crippen LogP contribution >= 0.6 is 11.3 Å². The summed E-state index contributed by atoms with van der Waals surface area (Å²) in [6.45, 7) is 0. The van der Waals surface area contributed by atoms with E-state index in [0.29, 0.717) is 5.69 Å². The van der Waals surface area contributed by atoms with Crippen LogP contribution in [0.15, 0.2) is 41.8 Å². The number of nitro groups is 1. The molecule has 0 bridgehead atoms. The maximum Gasteiger partial charge on any atom is 0.276 e. The van der Waals surface area contributed by atoms with Crippen LogP contribution in [0.25, 0.3) is 10.6 Å². The molecule has 8 nitrogen and oxygen atoms in total. The summed E-state index contributed by atoms with van der Waals surface area (Å²) in [4.78, 5) is 23.1. The molecule has 0 radical (unpaired) electrons. The van der Waals surface area contributed by atoms with E-state index in [-0.39, 0.29) is 22.8 Å². The van der Waals surface area contributed by atoms with Crippen molar-refractivity contribution in [2.45, 2.75) is 0 Å². The minimum Gasteiger partial charge on any atom is -0.506 e. The number of aromatic amines is 1. The fourth-order valence-corrected chi connectivity index (χ4v) is 2.61. The summed E-state index contributed by atoms with van der Waals surface area (Å²) in [5.74, 6) is -0.922. The Balaban J connectivity index is 1.78. The van der Waals surface area contributed by atoms with Crippen molar-refractivity contribution < 1.29 is 14.8 Å². The number of hydrogen-bond donors (Lipinski definition) is 3. The average molecular weight is 330 g/mol. The third kappa shape index (κ3) is 3.04. The van der Waals surface area contributed by atoms with Gasteiger partial charge in [0, 0.05) is 6.07 Å². The number of rotatable bonds is 4. The van der Waals surface area contributed by atoms with Gasteiger partial charge in [0.2, 0.25) is 0 Å². The van der Waals surface area contributed by atoms with E-state index < -0.39 is 10.8 Å². The predicted molar refractivity (Wildman–Crippen MR) is 84.6 cm³/mol. The molecule has 1 aromatic carbocycles. The maximum atomic E-state index is 12.1. The second-order valence-corrected chi connectivity index (χ2v) is 5.50. The molecule has 0 aliphatic carbocycles. The molecule has 0 spiro atoms. The number of benzene rings is 1. The van der Waals surface area contributed by atoms with E-state index >= 15 is 0 Å². The van der Waals surface area contributed by atoms with Crippen LogP contribution in [0.5, 0.6) is 5.75 Å². The van der Waals surface area contributed by atoms with Gasteiger partial charge in [0.15, 0.2) is 5.69 Å². The number of aromatic hydroxyl groups is 1. The molecule has 2 heterocycles. The van der Waals surface area contributed by atoms with E-state index in [1.807, 2.05) is 17.5 Å². The Morgan fingerprint density at radius 2 is 2.17 bits per heavy atom. The number of nitrogens with one attached hydrogen (secondary N) is 2. The van der Waals surface area contributed by atoms with Crippen LogP contribution in [-0.2, 0) is 0 Å². The normalized spacial score (nSPS) is 10.4. The van der Waals surface area contributed by atoms with Crippen molar-refractivity contribution >= 4 is 28.6 Å². The number of hydrogen-bond acceptors (Lipinski definition) is 6. The van der Waals surface area contributed by atoms with Gasteiger partial charge < -0.3 is 10.4 Å². The highest BCUT2D eigenvalue weighted by Crippen LogP contribution is 2.28. The molecule has 0 unspecified atom stereocenters. The number of amides is 1. The first-order chi connectivity index (χ1) is 11.0. The smallest absolute Gasteiger partial charge is 0.276 e. The number of anilines is 1. The fourth-order valence-electron chi connectivity index (χ4n) is 1.92. The van der Waals surface area contributed by atoms with Gasteiger partial charge in [-0.15, -0.1) is 11.3 Å². The highest BCUT2D eigenvalue weighted by Gasteiger charge is 2.16. The zero-order chi connectivity index (χ0) is 16.4. The van der Waals surface area contributed by atoms with E-state index in [1.165, 1.54) is 23.5 Å². The first-order valence-electron chi connectivity index (χ1n) is 6.42. The lowest BCUT2D eigenvalue weighted by molar-refractivity contribution is -0.384. The van der Waals surface area contributed by atoms with Gasteiger partial charge in [-0.2, -0.15) is 5.10 Å². The minimum atomic E-state index is -0.633. The van der Waals surface area contributed by atoms with Crippen molar-refractivity contribution in [3.63, 3.8) is 0 Å². The second kappa shape index (κ2) is 5.89. The molecule has 0 aliphatic rings. The number of nitrogens with zero attached hydrogens (tertiary/aromatic N) is 2. The van der Waals surface area contributed by atoms with Crippen molar-refractivity contribution in [1.29, 1.82) is 0 Å². The SMILES string of the molecule is O=C(Nc1ccc([N+](=O)[O-])cc1O)c1cc(-c2cccs2)[nH]n1. The molecule has 2 aromatic heterocycles. The zero-order valence-electron chi connectivity index (χ0n) is 11.5. The van der Waals surface area contributed by atoms with Gasteiger partial charge in [0.1, 0.15) is 5.75 Å². The quantitative estimate of drug-likeness (QED) is 0.386. The molecule has 3 rings (SSSR count). The Kier molecular flexibility index (Phi) is 3.77. The van der Waals surface area contributed by atoms with Gasteiger partial charge in [0.05, 0.1) is 27.2 Å². The fraction of sp³-hybridized carbons (Fsp3) is 0. The van der Waals surface area contributed by atoms with Crippen LogP contribution in [-0.4, -0.2) is 26.1 Å². The number of non-ortho nitro benzene ring substituents is 1. The lowest BCUT2D eigenvalue weighted by atomic mass is 10.2. The number of carbonyl (C=O) groups is 1. The monoisotopic (exact) mass is 330 g/mol. The molecule has 116 valence electrons. The second-order valence-electron chi connectivity index (χ2n) is 4.56. The van der Waals surface area contributed by atoms with E-state index in [2.05, 4.69) is 15.5 Å². The molecule has 0 fully saturated rings. The molecular weight excluding hydrogens is 320 g/mol. The van der Waals surface area contributed by atoms with Crippen LogP contribution < -0.4 is 5.32 Å². The van der Waals surface area contributed by atoms with E-state index in [1.54, 1.807) is 6.07 Å². The van der Waals surface area contributed by atoms with Crippen LogP contribution in [0, 0.1) is 10.1 Å². The zero-order valence-corrected chi connectivity index (χ0v) is 12.3. The third-order valence-corrected chi connectivity index (χ3v) is 3.94. The van der Waals surface area contributed by atoms with Crippen LogP contribution in [0.1, 0.15) is 10.5 Å². The van der Waals surface area contributed by atoms with Gasteiger partial charge in [-0.3, -0.25) is 20.0 Å². The van der Waals surface area contributed by atoms with Crippen molar-refractivity contribution in [3.8, 4) is 16.3 Å². The van der Waals surface area contributed by atoms with Gasteiger partial charge in [-0.05, 0) is 23.6 Å². The molecule has 0 saturated heterocycles. The van der Waals surface area contributed by atoms with E-state index in [9.17, 15) is 20.0 Å². The highest BCUT2D eigenvalue weighted by molar-refractivity contribution is 7.13. The number of phenols is 1. The molecule has 0 atom stereocenters. The number of phenolic OH excluding ortho intramolecular Hbond substituents is 1. The summed E-state index contributed by atoms with van der Waals surface area (Å²) < 4.78 is 0. The molecular formula is C14H10N4O4S. The van der Waals surface area contributed by atoms with Crippen molar-refractivity contribution in [2.75, 3.05) is 5.32 Å². The van der Waals surface area contributed by atoms with Gasteiger partial charge in [-0.1, -0.05) is 6.07 Å². The van der Waals surface area contributed by atoms with Crippen molar-refractivity contribution in [2.24, 2.45) is 0 Å². The van der Waals surface area contributed by atoms with E-state index in [0.717, 1.165) is 10.9 Å². The van der Waals surface area contributed by atoms with E-state index in [4.69, 9.17) is 0 Å². The average Bonchev–Trinajstić information content (AvgIpc) is 3.19. The number of thiophene rings is 1. The van der Waals surface area contributed by atoms with Crippen molar-refractivity contribution in [1.82, 2.24) is 10.2 Å². The Morgan fingerprint density at radius 1 is 1.35 bits per heavy atom. The highest BCUT2D eigenvalue weighted by atomic mass is 32.1. The van der Waals surface area contributed by atoms with Crippen molar-refractivity contribution in [3.05, 3.63) is 57.6 Å². The molecule has 3 N–H and O–H groups in total. The Bertz CT molecular complexity index is 873.